The molecule has 0 bridgehead atoms. The minimum atomic E-state index is -0.777. The summed E-state index contributed by atoms with van der Waals surface area (Å²) in [7, 11) is 1.67. The molecule has 1 spiro atoms. The van der Waals surface area contributed by atoms with Crippen molar-refractivity contribution in [2.24, 2.45) is 5.92 Å². The van der Waals surface area contributed by atoms with Gasteiger partial charge < -0.3 is 15.0 Å². The van der Waals surface area contributed by atoms with Crippen molar-refractivity contribution in [3.05, 3.63) is 46.8 Å². The number of amides is 2. The second kappa shape index (κ2) is 12.5. The number of H-pyrrole nitrogens is 1. The molecule has 2 aliphatic rings. The molecule has 38 heavy (non-hydrogen) atoms. The number of piperazine rings is 1. The van der Waals surface area contributed by atoms with Crippen LogP contribution in [-0.2, 0) is 9.59 Å². The predicted molar refractivity (Wildman–Crippen MR) is 152 cm³/mol. The number of rotatable bonds is 9. The highest BCUT2D eigenvalue weighted by atomic mass is 35.5. The Balaban J connectivity index is 0.00000400. The van der Waals surface area contributed by atoms with Crippen LogP contribution in [0.4, 0.5) is 0 Å². The number of halogens is 1. The lowest BCUT2D eigenvalue weighted by atomic mass is 9.79. The number of methoxy groups -OCH3 is 1. The average molecular weight is 546 g/mol. The molecule has 2 N–H and O–H groups in total. The molecule has 210 valence electrons. The lowest BCUT2D eigenvalue weighted by Gasteiger charge is -2.52. The summed E-state index contributed by atoms with van der Waals surface area (Å²) in [6, 6.07) is 7.79. The Hall–Kier alpha value is -2.58. The molecule has 2 saturated heterocycles. The quantitative estimate of drug-likeness (QED) is 0.482. The molecule has 4 rings (SSSR count). The molecule has 0 radical (unpaired) electrons. The van der Waals surface area contributed by atoms with Gasteiger partial charge >= 0.3 is 0 Å². The number of benzene rings is 1. The highest BCUT2D eigenvalue weighted by Gasteiger charge is 2.54. The highest BCUT2D eigenvalue weighted by molar-refractivity contribution is 6.00. The second-order valence-corrected chi connectivity index (χ2v) is 11.1. The molecular weight excluding hydrogens is 502 g/mol. The van der Waals surface area contributed by atoms with Crippen molar-refractivity contribution in [3.63, 3.8) is 0 Å². The molecule has 0 aliphatic carbocycles. The van der Waals surface area contributed by atoms with Gasteiger partial charge in [-0.3, -0.25) is 19.6 Å². The minimum absolute atomic E-state index is 0. The maximum atomic E-state index is 13.7. The Bertz CT molecular complexity index is 1070. The maximum absolute atomic E-state index is 13.7. The number of nitrogens with zero attached hydrogens (tertiary/aromatic N) is 3. The van der Waals surface area contributed by atoms with E-state index < -0.39 is 11.6 Å². The first kappa shape index (κ1) is 30.0. The van der Waals surface area contributed by atoms with Crippen molar-refractivity contribution in [2.45, 2.75) is 84.3 Å². The van der Waals surface area contributed by atoms with Crippen LogP contribution in [0.3, 0.4) is 0 Å². The molecule has 1 aromatic carbocycles. The molecule has 9 heteroatoms. The zero-order chi connectivity index (χ0) is 26.7. The summed E-state index contributed by atoms with van der Waals surface area (Å²) in [6.07, 6.45) is 3.80. The van der Waals surface area contributed by atoms with Gasteiger partial charge in [-0.1, -0.05) is 39.3 Å². The normalized spacial score (nSPS) is 20.4. The Kier molecular flexibility index (Phi) is 9.87. The molecule has 2 fully saturated rings. The molecular formula is C29H44ClN5O3. The van der Waals surface area contributed by atoms with E-state index in [0.29, 0.717) is 44.8 Å². The van der Waals surface area contributed by atoms with Gasteiger partial charge in [0.25, 0.3) is 0 Å². The molecule has 3 heterocycles. The molecule has 0 saturated carbocycles. The fraction of sp³-hybridized carbons (Fsp3) is 0.621. The van der Waals surface area contributed by atoms with Gasteiger partial charge in [0.2, 0.25) is 11.8 Å². The first-order chi connectivity index (χ1) is 17.7. The smallest absolute Gasteiger partial charge is 0.246 e. The van der Waals surface area contributed by atoms with Gasteiger partial charge in [0.05, 0.1) is 18.8 Å². The second-order valence-electron chi connectivity index (χ2n) is 11.1. The van der Waals surface area contributed by atoms with Gasteiger partial charge in [0.1, 0.15) is 17.3 Å². The van der Waals surface area contributed by atoms with Crippen molar-refractivity contribution < 1.29 is 14.3 Å². The number of aromatic amines is 1. The minimum Gasteiger partial charge on any atom is -0.497 e. The Labute approximate surface area is 233 Å². The standard InChI is InChI=1S/C29H43N5O3.ClH/c1-7-8-15-34-27(35)24(18-19(2)3)30-28(36)29(34)13-16-33(17-14-29)26(25-20(4)31-32-21(25)5)22-9-11-23(37-6)12-10-22;/h9-12,19,24,26H,7-8,13-18H2,1-6H3,(H,30,36)(H,31,32);1H/t24-,26?;/m0./s1. The Morgan fingerprint density at radius 2 is 1.79 bits per heavy atom. The lowest BCUT2D eigenvalue weighted by Crippen LogP contribution is -2.73. The van der Waals surface area contributed by atoms with Gasteiger partial charge in [-0.15, -0.1) is 12.4 Å². The summed E-state index contributed by atoms with van der Waals surface area (Å²) >= 11 is 0. The number of aromatic nitrogens is 2. The van der Waals surface area contributed by atoms with Crippen molar-refractivity contribution in [3.8, 4) is 5.75 Å². The van der Waals surface area contributed by atoms with Crippen LogP contribution in [0.15, 0.2) is 24.3 Å². The van der Waals surface area contributed by atoms with Crippen LogP contribution in [-0.4, -0.2) is 70.1 Å². The van der Waals surface area contributed by atoms with E-state index in [2.05, 4.69) is 60.2 Å². The zero-order valence-electron chi connectivity index (χ0n) is 23.7. The number of ether oxygens (including phenoxy) is 1. The largest absolute Gasteiger partial charge is 0.497 e. The van der Waals surface area contributed by atoms with Crippen molar-refractivity contribution >= 4 is 24.2 Å². The molecule has 8 nitrogen and oxygen atoms in total. The first-order valence-electron chi connectivity index (χ1n) is 13.7. The van der Waals surface area contributed by atoms with Crippen molar-refractivity contribution in [2.75, 3.05) is 26.7 Å². The molecule has 2 amide bonds. The monoisotopic (exact) mass is 545 g/mol. The summed E-state index contributed by atoms with van der Waals surface area (Å²) in [4.78, 5) is 31.7. The number of aryl methyl sites for hydroxylation is 2. The van der Waals surface area contributed by atoms with Crippen molar-refractivity contribution in [1.29, 1.82) is 0 Å². The van der Waals surface area contributed by atoms with Crippen LogP contribution in [0.2, 0.25) is 0 Å². The summed E-state index contributed by atoms with van der Waals surface area (Å²) in [5, 5.41) is 10.8. The van der Waals surface area contributed by atoms with Gasteiger partial charge in [0, 0.05) is 30.9 Å². The van der Waals surface area contributed by atoms with Crippen LogP contribution in [0.5, 0.6) is 5.75 Å². The zero-order valence-corrected chi connectivity index (χ0v) is 24.5. The van der Waals surface area contributed by atoms with E-state index in [0.717, 1.165) is 35.5 Å². The summed E-state index contributed by atoms with van der Waals surface area (Å²) in [5.41, 5.74) is 3.58. The topological polar surface area (TPSA) is 90.6 Å². The number of nitrogens with one attached hydrogen (secondary N) is 2. The van der Waals surface area contributed by atoms with Crippen LogP contribution in [0, 0.1) is 19.8 Å². The maximum Gasteiger partial charge on any atom is 0.246 e. The Morgan fingerprint density at radius 1 is 1.13 bits per heavy atom. The van der Waals surface area contributed by atoms with E-state index in [1.165, 1.54) is 5.56 Å². The third kappa shape index (κ3) is 5.71. The van der Waals surface area contributed by atoms with Gasteiger partial charge in [-0.2, -0.15) is 5.10 Å². The summed E-state index contributed by atoms with van der Waals surface area (Å²) < 4.78 is 5.39. The number of carbonyl (C=O) groups is 2. The van der Waals surface area contributed by atoms with Gasteiger partial charge in [-0.05, 0) is 63.1 Å². The number of carbonyl (C=O) groups excluding carboxylic acids is 2. The Morgan fingerprint density at radius 3 is 2.32 bits per heavy atom. The van der Waals surface area contributed by atoms with Crippen LogP contribution >= 0.6 is 12.4 Å². The number of piperidine rings is 1. The first-order valence-corrected chi connectivity index (χ1v) is 13.7. The fourth-order valence-electron chi connectivity index (χ4n) is 6.11. The van der Waals surface area contributed by atoms with E-state index in [1.807, 2.05) is 24.0 Å². The molecule has 1 unspecified atom stereocenters. The van der Waals surface area contributed by atoms with E-state index in [9.17, 15) is 9.59 Å². The fourth-order valence-corrected chi connectivity index (χ4v) is 6.11. The van der Waals surface area contributed by atoms with Crippen LogP contribution in [0.25, 0.3) is 0 Å². The van der Waals surface area contributed by atoms with E-state index >= 15 is 0 Å². The number of likely N-dealkylation sites (tertiary alicyclic amines) is 1. The molecule has 1 aromatic heterocycles. The predicted octanol–water partition coefficient (Wildman–Crippen LogP) is 4.55. The van der Waals surface area contributed by atoms with E-state index in [-0.39, 0.29) is 30.3 Å². The number of hydrogen-bond acceptors (Lipinski definition) is 5. The van der Waals surface area contributed by atoms with Crippen LogP contribution in [0.1, 0.15) is 81.4 Å². The number of hydrogen-bond donors (Lipinski definition) is 2. The van der Waals surface area contributed by atoms with Crippen LogP contribution < -0.4 is 10.1 Å². The van der Waals surface area contributed by atoms with Gasteiger partial charge in [0.15, 0.2) is 0 Å². The molecule has 2 aromatic rings. The summed E-state index contributed by atoms with van der Waals surface area (Å²) in [5.74, 6) is 1.26. The molecule has 2 atom stereocenters. The average Bonchev–Trinajstić information content (AvgIpc) is 3.21. The van der Waals surface area contributed by atoms with E-state index in [4.69, 9.17) is 4.74 Å². The summed E-state index contributed by atoms with van der Waals surface area (Å²) in [6.45, 7) is 12.5. The van der Waals surface area contributed by atoms with Crippen molar-refractivity contribution in [1.82, 2.24) is 25.3 Å². The lowest BCUT2D eigenvalue weighted by molar-refractivity contribution is -0.162. The third-order valence-electron chi connectivity index (χ3n) is 8.13. The highest BCUT2D eigenvalue weighted by Crippen LogP contribution is 2.40. The number of unbranched alkanes of at least 4 members (excludes halogenated alkanes) is 1. The van der Waals surface area contributed by atoms with Gasteiger partial charge in [-0.25, -0.2) is 0 Å². The third-order valence-corrected chi connectivity index (χ3v) is 8.13. The van der Waals surface area contributed by atoms with E-state index in [1.54, 1.807) is 7.11 Å². The SMILES string of the molecule is CCCCN1C(=O)[C@H](CC(C)C)NC(=O)C12CCN(C(c1ccc(OC)cc1)c1c(C)n[nH]c1C)CC2.Cl. The molecule has 2 aliphatic heterocycles.